The van der Waals surface area contributed by atoms with Gasteiger partial charge in [-0.25, -0.2) is 0 Å². The van der Waals surface area contributed by atoms with Gasteiger partial charge in [0, 0.05) is 72.5 Å². The van der Waals surface area contributed by atoms with Crippen LogP contribution in [0, 0.1) is 6.92 Å². The molecule has 4 heteroatoms. The summed E-state index contributed by atoms with van der Waals surface area (Å²) in [7, 11) is 0. The van der Waals surface area contributed by atoms with Crippen molar-refractivity contribution in [1.82, 2.24) is 9.13 Å². The van der Waals surface area contributed by atoms with Gasteiger partial charge in [0.2, 0.25) is 0 Å². The first-order valence-corrected chi connectivity index (χ1v) is 20.6. The van der Waals surface area contributed by atoms with E-state index in [-0.39, 0.29) is 12.0 Å². The van der Waals surface area contributed by atoms with E-state index in [1.807, 2.05) is 12.2 Å². The second kappa shape index (κ2) is 13.1. The number of nitrogens with zero attached hydrogens (tertiary/aromatic N) is 2. The monoisotopic (exact) mass is 760 g/mol. The average molecular weight is 761 g/mol. The quantitative estimate of drug-likeness (QED) is 0.158. The summed E-state index contributed by atoms with van der Waals surface area (Å²) >= 11 is 0. The van der Waals surface area contributed by atoms with Crippen molar-refractivity contribution in [2.45, 2.75) is 31.8 Å². The maximum absolute atomic E-state index is 7.07. The van der Waals surface area contributed by atoms with E-state index in [0.717, 1.165) is 79.7 Å². The molecule has 0 saturated carbocycles. The Balaban J connectivity index is 0.929. The van der Waals surface area contributed by atoms with Crippen molar-refractivity contribution in [3.8, 4) is 28.3 Å². The molecule has 12 rings (SSSR count). The number of ether oxygens (including phenoxy) is 1. The van der Waals surface area contributed by atoms with E-state index < -0.39 is 0 Å². The SMILES string of the molecule is C=C/C=C\c1c(C)n(-c2cccc(C3=CC=CC4c5ccc6c(oc7c(-c8cccc(-n9c%10c(c%11ccccc%119)CCC=C%10)c8)cccc76)c5OC34)c2)c2ccccc12. The number of rotatable bonds is 6. The van der Waals surface area contributed by atoms with Crippen LogP contribution in [0.2, 0.25) is 0 Å². The summed E-state index contributed by atoms with van der Waals surface area (Å²) in [6, 6.07) is 46.1. The highest BCUT2D eigenvalue weighted by Gasteiger charge is 2.39. The van der Waals surface area contributed by atoms with Crippen LogP contribution in [0.4, 0.5) is 0 Å². The number of benzene rings is 6. The average Bonchev–Trinajstić information content (AvgIpc) is 4.03. The van der Waals surface area contributed by atoms with Gasteiger partial charge in [-0.2, -0.15) is 0 Å². The van der Waals surface area contributed by atoms with Gasteiger partial charge in [-0.3, -0.25) is 0 Å². The largest absolute Gasteiger partial charge is 0.480 e. The highest BCUT2D eigenvalue weighted by Crippen LogP contribution is 2.51. The van der Waals surface area contributed by atoms with E-state index in [1.165, 1.54) is 44.3 Å². The third-order valence-corrected chi connectivity index (χ3v) is 12.8. The topological polar surface area (TPSA) is 32.2 Å². The minimum atomic E-state index is -0.176. The standard InChI is InChI=1S/C55H40N2O2/c1-3-4-19-39-34(2)56(49-27-8-5-20-42(39)49)37-17-11-15-35(32-37)40-23-13-25-45-47-30-31-48-46-26-14-24-41(53(46)59-55(48)54(47)58-52(40)45)36-16-12-18-38(33-36)57-50-28-9-6-21-43(50)44-22-7-10-29-51(44)57/h3-6,8-21,23-33,45,52H,1,7,22H2,2H3/b19-4-. The van der Waals surface area contributed by atoms with Crippen LogP contribution in [0.5, 0.6) is 5.75 Å². The van der Waals surface area contributed by atoms with Crippen LogP contribution >= 0.6 is 0 Å². The maximum atomic E-state index is 7.07. The lowest BCUT2D eigenvalue weighted by molar-refractivity contribution is 0.278. The van der Waals surface area contributed by atoms with Crippen molar-refractivity contribution in [2.75, 3.05) is 0 Å². The van der Waals surface area contributed by atoms with Gasteiger partial charge in [-0.1, -0.05) is 134 Å². The van der Waals surface area contributed by atoms with Crippen LogP contribution in [-0.2, 0) is 6.42 Å². The molecule has 0 amide bonds. The number of aromatic nitrogens is 2. The normalized spacial score (nSPS) is 16.9. The van der Waals surface area contributed by atoms with Crippen molar-refractivity contribution in [3.05, 3.63) is 204 Å². The fourth-order valence-corrected chi connectivity index (χ4v) is 10.1. The molecule has 4 heterocycles. The van der Waals surface area contributed by atoms with Crippen molar-refractivity contribution in [2.24, 2.45) is 0 Å². The molecule has 0 saturated heterocycles. The number of allylic oxidation sites excluding steroid dienone is 5. The zero-order chi connectivity index (χ0) is 39.2. The van der Waals surface area contributed by atoms with E-state index in [0.29, 0.717) is 0 Å². The molecule has 59 heavy (non-hydrogen) atoms. The molecule has 0 spiro atoms. The lowest BCUT2D eigenvalue weighted by atomic mass is 9.84. The highest BCUT2D eigenvalue weighted by atomic mass is 16.5. The highest BCUT2D eigenvalue weighted by molar-refractivity contribution is 6.11. The van der Waals surface area contributed by atoms with Crippen molar-refractivity contribution in [3.63, 3.8) is 0 Å². The summed E-state index contributed by atoms with van der Waals surface area (Å²) in [4.78, 5) is 0. The maximum Gasteiger partial charge on any atom is 0.177 e. The summed E-state index contributed by atoms with van der Waals surface area (Å²) in [5, 5.41) is 4.71. The summed E-state index contributed by atoms with van der Waals surface area (Å²) < 4.78 is 18.8. The van der Waals surface area contributed by atoms with Gasteiger partial charge >= 0.3 is 0 Å². The molecular formula is C55H40N2O2. The number of hydrogen-bond donors (Lipinski definition) is 0. The number of furan rings is 1. The Kier molecular flexibility index (Phi) is 7.52. The van der Waals surface area contributed by atoms with Gasteiger partial charge in [0.1, 0.15) is 11.7 Å². The zero-order valence-electron chi connectivity index (χ0n) is 32.7. The van der Waals surface area contributed by atoms with E-state index in [1.54, 1.807) is 0 Å². The van der Waals surface area contributed by atoms with Crippen molar-refractivity contribution < 1.29 is 9.15 Å². The smallest absolute Gasteiger partial charge is 0.177 e. The summed E-state index contributed by atoms with van der Waals surface area (Å²) in [6.45, 7) is 6.10. The van der Waals surface area contributed by atoms with Crippen molar-refractivity contribution >= 4 is 61.5 Å². The Bertz CT molecular complexity index is 3360. The molecule has 3 aromatic heterocycles. The predicted octanol–water partition coefficient (Wildman–Crippen LogP) is 14.1. The van der Waals surface area contributed by atoms with E-state index >= 15 is 0 Å². The van der Waals surface area contributed by atoms with Gasteiger partial charge in [0.15, 0.2) is 11.3 Å². The molecule has 0 radical (unpaired) electrons. The molecule has 1 aliphatic heterocycles. The minimum absolute atomic E-state index is 0.0728. The first-order chi connectivity index (χ1) is 29.2. The molecule has 2 atom stereocenters. The molecule has 4 nitrogen and oxygen atoms in total. The van der Waals surface area contributed by atoms with Crippen LogP contribution in [0.1, 0.15) is 46.0 Å². The van der Waals surface area contributed by atoms with E-state index in [4.69, 9.17) is 9.15 Å². The number of para-hydroxylation sites is 3. The summed E-state index contributed by atoms with van der Waals surface area (Å²) in [6.07, 6.45) is 19.2. The second-order valence-electron chi connectivity index (χ2n) is 15.9. The first-order valence-electron chi connectivity index (χ1n) is 20.6. The zero-order valence-corrected chi connectivity index (χ0v) is 32.7. The molecule has 0 bridgehead atoms. The van der Waals surface area contributed by atoms with Crippen LogP contribution in [-0.4, -0.2) is 15.2 Å². The number of fused-ring (bicyclic) bond motifs is 11. The Morgan fingerprint density at radius 1 is 0.712 bits per heavy atom. The lowest BCUT2D eigenvalue weighted by Crippen LogP contribution is -2.21. The van der Waals surface area contributed by atoms with Gasteiger partial charge in [-0.05, 0) is 85.0 Å². The molecule has 2 unspecified atom stereocenters. The number of aryl methyl sites for hydroxylation is 1. The second-order valence-corrected chi connectivity index (χ2v) is 15.9. The summed E-state index contributed by atoms with van der Waals surface area (Å²) in [5.74, 6) is 0.911. The van der Waals surface area contributed by atoms with Crippen LogP contribution in [0.3, 0.4) is 0 Å². The fraction of sp³-hybridized carbons (Fsp3) is 0.0909. The molecule has 9 aromatic rings. The van der Waals surface area contributed by atoms with Crippen LogP contribution < -0.4 is 4.74 Å². The Morgan fingerprint density at radius 2 is 1.44 bits per heavy atom. The van der Waals surface area contributed by atoms with Gasteiger partial charge in [0.05, 0.1) is 11.0 Å². The Labute approximate surface area is 342 Å². The Morgan fingerprint density at radius 3 is 2.31 bits per heavy atom. The Hall–Kier alpha value is -7.30. The number of hydrogen-bond acceptors (Lipinski definition) is 2. The lowest BCUT2D eigenvalue weighted by Gasteiger charge is -2.23. The molecule has 282 valence electrons. The molecule has 3 aliphatic rings. The van der Waals surface area contributed by atoms with Crippen molar-refractivity contribution in [1.29, 1.82) is 0 Å². The van der Waals surface area contributed by atoms with Gasteiger partial charge in [0.25, 0.3) is 0 Å². The fourth-order valence-electron chi connectivity index (χ4n) is 10.1. The van der Waals surface area contributed by atoms with Crippen LogP contribution in [0.25, 0.3) is 84.0 Å². The minimum Gasteiger partial charge on any atom is -0.480 e. The molecular weight excluding hydrogens is 721 g/mol. The molecule has 6 aromatic carbocycles. The first kappa shape index (κ1) is 33.8. The van der Waals surface area contributed by atoms with Gasteiger partial charge < -0.3 is 18.3 Å². The van der Waals surface area contributed by atoms with Crippen LogP contribution in [0.15, 0.2) is 175 Å². The predicted molar refractivity (Wildman–Crippen MR) is 245 cm³/mol. The molecule has 2 aliphatic carbocycles. The summed E-state index contributed by atoms with van der Waals surface area (Å²) in [5.41, 5.74) is 17.1. The molecule has 0 fully saturated rings. The third kappa shape index (κ3) is 5.02. The van der Waals surface area contributed by atoms with E-state index in [2.05, 4.69) is 186 Å². The molecule has 0 N–H and O–H groups in total. The van der Waals surface area contributed by atoms with E-state index in [9.17, 15) is 0 Å². The third-order valence-electron chi connectivity index (χ3n) is 12.8. The van der Waals surface area contributed by atoms with Gasteiger partial charge in [-0.15, -0.1) is 0 Å².